The number of halogens is 1. The molecular formula is C16H16ClNO3S. The van der Waals surface area contributed by atoms with Gasteiger partial charge in [-0.3, -0.25) is 4.79 Å². The second kappa shape index (κ2) is 7.42. The van der Waals surface area contributed by atoms with E-state index in [9.17, 15) is 13.2 Å². The predicted molar refractivity (Wildman–Crippen MR) is 88.6 cm³/mol. The molecule has 0 unspecified atom stereocenters. The van der Waals surface area contributed by atoms with Gasteiger partial charge in [0.25, 0.3) is 0 Å². The maximum Gasteiger partial charge on any atom is 0.225 e. The molecule has 0 saturated heterocycles. The smallest absolute Gasteiger partial charge is 0.225 e. The van der Waals surface area contributed by atoms with Crippen LogP contribution in [0.2, 0.25) is 5.02 Å². The molecule has 0 atom stereocenters. The van der Waals surface area contributed by atoms with Gasteiger partial charge in [-0.05, 0) is 23.8 Å². The zero-order valence-corrected chi connectivity index (χ0v) is 13.4. The second-order valence-corrected chi connectivity index (χ2v) is 7.44. The van der Waals surface area contributed by atoms with Crippen molar-refractivity contribution >= 4 is 33.0 Å². The van der Waals surface area contributed by atoms with Gasteiger partial charge in [-0.15, -0.1) is 0 Å². The molecule has 0 saturated carbocycles. The lowest BCUT2D eigenvalue weighted by Gasteiger charge is -2.07. The Kier molecular flexibility index (Phi) is 5.57. The minimum atomic E-state index is -3.39. The third-order valence-electron chi connectivity index (χ3n) is 3.03. The lowest BCUT2D eigenvalue weighted by atomic mass is 10.2. The molecule has 0 aliphatic carbocycles. The number of carbonyl (C=O) groups excluding carboxylic acids is 1. The molecule has 0 heterocycles. The number of nitrogens with one attached hydrogen (secondary N) is 1. The Morgan fingerprint density at radius 3 is 2.32 bits per heavy atom. The van der Waals surface area contributed by atoms with Gasteiger partial charge in [0.1, 0.15) is 0 Å². The van der Waals surface area contributed by atoms with Crippen molar-refractivity contribution in [3.05, 3.63) is 65.2 Å². The lowest BCUT2D eigenvalue weighted by Crippen LogP contribution is -2.18. The number of rotatable bonds is 6. The zero-order valence-electron chi connectivity index (χ0n) is 11.8. The van der Waals surface area contributed by atoms with E-state index in [4.69, 9.17) is 11.6 Å². The molecule has 22 heavy (non-hydrogen) atoms. The van der Waals surface area contributed by atoms with E-state index in [0.717, 1.165) is 0 Å². The van der Waals surface area contributed by atoms with Crippen molar-refractivity contribution in [2.45, 2.75) is 12.2 Å². The normalized spacial score (nSPS) is 11.1. The fraction of sp³-hybridized carbons (Fsp3) is 0.188. The van der Waals surface area contributed by atoms with Gasteiger partial charge in [-0.1, -0.05) is 48.0 Å². The standard InChI is InChI=1S/C16H16ClNO3S/c17-15-9-5-4-6-13(15)12-22(20,21)11-10-16(19)18-14-7-2-1-3-8-14/h1-9H,10-12H2,(H,18,19). The van der Waals surface area contributed by atoms with E-state index < -0.39 is 9.84 Å². The molecule has 0 aliphatic rings. The molecule has 4 nitrogen and oxygen atoms in total. The van der Waals surface area contributed by atoms with Gasteiger partial charge >= 0.3 is 0 Å². The summed E-state index contributed by atoms with van der Waals surface area (Å²) >= 11 is 5.96. The van der Waals surface area contributed by atoms with Crippen LogP contribution in [0.15, 0.2) is 54.6 Å². The van der Waals surface area contributed by atoms with Gasteiger partial charge in [0.05, 0.1) is 11.5 Å². The minimum Gasteiger partial charge on any atom is -0.326 e. The molecule has 1 N–H and O–H groups in total. The number of para-hydroxylation sites is 1. The molecule has 0 spiro atoms. The molecule has 2 aromatic rings. The molecule has 0 aromatic heterocycles. The highest BCUT2D eigenvalue weighted by molar-refractivity contribution is 7.90. The Morgan fingerprint density at radius 2 is 1.64 bits per heavy atom. The summed E-state index contributed by atoms with van der Waals surface area (Å²) in [6.45, 7) is 0. The summed E-state index contributed by atoms with van der Waals surface area (Å²) in [5.41, 5.74) is 1.20. The summed E-state index contributed by atoms with van der Waals surface area (Å²) in [4.78, 5) is 11.8. The predicted octanol–water partition coefficient (Wildman–Crippen LogP) is 3.28. The Labute approximate surface area is 135 Å². The Bertz CT molecular complexity index is 745. The Hall–Kier alpha value is -1.85. The van der Waals surface area contributed by atoms with Crippen LogP contribution in [0.1, 0.15) is 12.0 Å². The number of hydrogen-bond donors (Lipinski definition) is 1. The molecular weight excluding hydrogens is 322 g/mol. The maximum absolute atomic E-state index is 12.1. The monoisotopic (exact) mass is 337 g/mol. The van der Waals surface area contributed by atoms with E-state index in [2.05, 4.69) is 5.32 Å². The molecule has 0 bridgehead atoms. The first-order valence-corrected chi connectivity index (χ1v) is 8.95. The highest BCUT2D eigenvalue weighted by Gasteiger charge is 2.16. The largest absolute Gasteiger partial charge is 0.326 e. The number of carbonyl (C=O) groups is 1. The number of sulfone groups is 1. The Morgan fingerprint density at radius 1 is 1.00 bits per heavy atom. The molecule has 2 rings (SSSR count). The van der Waals surface area contributed by atoms with Crippen molar-refractivity contribution < 1.29 is 13.2 Å². The van der Waals surface area contributed by atoms with E-state index in [0.29, 0.717) is 16.3 Å². The molecule has 6 heteroatoms. The number of anilines is 1. The highest BCUT2D eigenvalue weighted by Crippen LogP contribution is 2.18. The quantitative estimate of drug-likeness (QED) is 0.879. The van der Waals surface area contributed by atoms with Gasteiger partial charge in [0.2, 0.25) is 5.91 Å². The molecule has 0 aliphatic heterocycles. The van der Waals surface area contributed by atoms with Crippen molar-refractivity contribution in [3.8, 4) is 0 Å². The third-order valence-corrected chi connectivity index (χ3v) is 4.98. The van der Waals surface area contributed by atoms with Crippen LogP contribution >= 0.6 is 11.6 Å². The van der Waals surface area contributed by atoms with Crippen LogP contribution in [-0.4, -0.2) is 20.1 Å². The minimum absolute atomic E-state index is 0.0817. The van der Waals surface area contributed by atoms with Crippen LogP contribution in [0.4, 0.5) is 5.69 Å². The van der Waals surface area contributed by atoms with E-state index in [1.54, 1.807) is 48.5 Å². The topological polar surface area (TPSA) is 63.2 Å². The summed E-state index contributed by atoms with van der Waals surface area (Å²) < 4.78 is 24.1. The number of amides is 1. The SMILES string of the molecule is O=C(CCS(=O)(=O)Cc1ccccc1Cl)Nc1ccccc1. The number of benzene rings is 2. The second-order valence-electron chi connectivity index (χ2n) is 4.85. The first kappa shape index (κ1) is 16.5. The molecule has 1 amide bonds. The van der Waals surface area contributed by atoms with Gasteiger partial charge in [-0.25, -0.2) is 8.42 Å². The average Bonchev–Trinajstić information content (AvgIpc) is 2.49. The molecule has 0 radical (unpaired) electrons. The zero-order chi connectivity index (χ0) is 16.0. The highest BCUT2D eigenvalue weighted by atomic mass is 35.5. The van der Waals surface area contributed by atoms with E-state index >= 15 is 0 Å². The fourth-order valence-corrected chi connectivity index (χ4v) is 3.57. The van der Waals surface area contributed by atoms with E-state index in [1.165, 1.54) is 0 Å². The molecule has 0 fully saturated rings. The van der Waals surface area contributed by atoms with Gasteiger partial charge in [-0.2, -0.15) is 0 Å². The summed E-state index contributed by atoms with van der Waals surface area (Å²) in [7, 11) is -3.39. The van der Waals surface area contributed by atoms with Crippen molar-refractivity contribution in [2.24, 2.45) is 0 Å². The average molecular weight is 338 g/mol. The van der Waals surface area contributed by atoms with Gasteiger partial charge < -0.3 is 5.32 Å². The van der Waals surface area contributed by atoms with Gasteiger partial charge in [0.15, 0.2) is 9.84 Å². The fourth-order valence-electron chi connectivity index (χ4n) is 1.92. The van der Waals surface area contributed by atoms with Crippen molar-refractivity contribution in [1.29, 1.82) is 0 Å². The van der Waals surface area contributed by atoms with Crippen LogP contribution in [0.5, 0.6) is 0 Å². The maximum atomic E-state index is 12.1. The molecule has 2 aromatic carbocycles. The van der Waals surface area contributed by atoms with Gasteiger partial charge in [0, 0.05) is 17.1 Å². The van der Waals surface area contributed by atoms with Crippen molar-refractivity contribution in [3.63, 3.8) is 0 Å². The summed E-state index contributed by atoms with van der Waals surface area (Å²) in [6, 6.07) is 15.7. The molecule has 116 valence electrons. The first-order chi connectivity index (χ1) is 10.5. The van der Waals surface area contributed by atoms with Crippen LogP contribution in [0.25, 0.3) is 0 Å². The van der Waals surface area contributed by atoms with Crippen molar-refractivity contribution in [2.75, 3.05) is 11.1 Å². The van der Waals surface area contributed by atoms with Crippen LogP contribution in [0.3, 0.4) is 0 Å². The first-order valence-electron chi connectivity index (χ1n) is 6.75. The number of hydrogen-bond acceptors (Lipinski definition) is 3. The van der Waals surface area contributed by atoms with E-state index in [1.807, 2.05) is 6.07 Å². The van der Waals surface area contributed by atoms with Crippen LogP contribution < -0.4 is 5.32 Å². The Balaban J connectivity index is 1.90. The summed E-state index contributed by atoms with van der Waals surface area (Å²) in [5, 5.41) is 3.08. The van der Waals surface area contributed by atoms with Crippen molar-refractivity contribution in [1.82, 2.24) is 0 Å². The third kappa shape index (κ3) is 5.16. The van der Waals surface area contributed by atoms with Crippen LogP contribution in [0, 0.1) is 0 Å². The lowest BCUT2D eigenvalue weighted by molar-refractivity contribution is -0.115. The summed E-state index contributed by atoms with van der Waals surface area (Å²) in [6.07, 6.45) is -0.0817. The van der Waals surface area contributed by atoms with Crippen LogP contribution in [-0.2, 0) is 20.4 Å². The van der Waals surface area contributed by atoms with E-state index in [-0.39, 0.29) is 23.8 Å². The summed E-state index contributed by atoms with van der Waals surface area (Å²) in [5.74, 6) is -0.698.